The summed E-state index contributed by atoms with van der Waals surface area (Å²) in [4.78, 5) is 10.3. The summed E-state index contributed by atoms with van der Waals surface area (Å²) in [5.74, 6) is 0. The normalized spacial score (nSPS) is 11.0. The molecule has 0 aliphatic rings. The van der Waals surface area contributed by atoms with Crippen LogP contribution in [0.25, 0.3) is 0 Å². The SMILES string of the molecule is CCCOC(=O)OCC(F)(F)F. The van der Waals surface area contributed by atoms with Gasteiger partial charge in [-0.15, -0.1) is 0 Å². The van der Waals surface area contributed by atoms with Gasteiger partial charge in [-0.2, -0.15) is 13.2 Å². The van der Waals surface area contributed by atoms with Gasteiger partial charge < -0.3 is 9.47 Å². The van der Waals surface area contributed by atoms with Crippen molar-refractivity contribution in [2.45, 2.75) is 19.5 Å². The first-order valence-corrected chi connectivity index (χ1v) is 3.32. The summed E-state index contributed by atoms with van der Waals surface area (Å²) in [7, 11) is 0. The number of alkyl halides is 3. The zero-order valence-electron chi connectivity index (χ0n) is 6.48. The molecule has 0 rings (SSSR count). The smallest absolute Gasteiger partial charge is 0.434 e. The zero-order chi connectivity index (χ0) is 9.61. The van der Waals surface area contributed by atoms with E-state index in [0.29, 0.717) is 6.42 Å². The van der Waals surface area contributed by atoms with Gasteiger partial charge in [0.05, 0.1) is 6.61 Å². The van der Waals surface area contributed by atoms with E-state index in [1.54, 1.807) is 6.92 Å². The Balaban J connectivity index is 3.44. The van der Waals surface area contributed by atoms with Crippen LogP contribution >= 0.6 is 0 Å². The summed E-state index contributed by atoms with van der Waals surface area (Å²) in [6, 6.07) is 0. The van der Waals surface area contributed by atoms with Gasteiger partial charge in [0.25, 0.3) is 0 Å². The largest absolute Gasteiger partial charge is 0.508 e. The first-order chi connectivity index (χ1) is 5.45. The van der Waals surface area contributed by atoms with Gasteiger partial charge in [-0.1, -0.05) is 6.92 Å². The Morgan fingerprint density at radius 1 is 1.33 bits per heavy atom. The summed E-state index contributed by atoms with van der Waals surface area (Å²) in [6.07, 6.45) is -5.24. The summed E-state index contributed by atoms with van der Waals surface area (Å²) in [5.41, 5.74) is 0. The Morgan fingerprint density at radius 3 is 2.33 bits per heavy atom. The molecule has 0 N–H and O–H groups in total. The third-order valence-corrected chi connectivity index (χ3v) is 0.778. The molecule has 0 heterocycles. The third kappa shape index (κ3) is 7.17. The molecule has 0 aromatic rings. The van der Waals surface area contributed by atoms with Crippen LogP contribution in [0.1, 0.15) is 13.3 Å². The minimum Gasteiger partial charge on any atom is -0.434 e. The topological polar surface area (TPSA) is 35.5 Å². The fraction of sp³-hybridized carbons (Fsp3) is 0.833. The van der Waals surface area contributed by atoms with Gasteiger partial charge in [-0.25, -0.2) is 4.79 Å². The summed E-state index contributed by atoms with van der Waals surface area (Å²) >= 11 is 0. The van der Waals surface area contributed by atoms with E-state index in [1.165, 1.54) is 0 Å². The molecule has 0 aromatic heterocycles. The number of hydrogen-bond donors (Lipinski definition) is 0. The molecule has 0 atom stereocenters. The minimum absolute atomic E-state index is 0.0662. The van der Waals surface area contributed by atoms with E-state index in [-0.39, 0.29) is 6.61 Å². The van der Waals surface area contributed by atoms with E-state index in [2.05, 4.69) is 9.47 Å². The van der Waals surface area contributed by atoms with Crippen LogP contribution in [0.2, 0.25) is 0 Å². The summed E-state index contributed by atoms with van der Waals surface area (Å²) < 4.78 is 42.2. The predicted molar refractivity (Wildman–Crippen MR) is 33.6 cm³/mol. The van der Waals surface area contributed by atoms with E-state index < -0.39 is 18.9 Å². The molecular weight excluding hydrogens is 177 g/mol. The zero-order valence-corrected chi connectivity index (χ0v) is 6.48. The van der Waals surface area contributed by atoms with Crippen LogP contribution in [-0.2, 0) is 9.47 Å². The van der Waals surface area contributed by atoms with E-state index in [1.807, 2.05) is 0 Å². The van der Waals surface area contributed by atoms with Crippen molar-refractivity contribution in [3.8, 4) is 0 Å². The van der Waals surface area contributed by atoms with Gasteiger partial charge in [-0.05, 0) is 6.42 Å². The number of rotatable bonds is 3. The van der Waals surface area contributed by atoms with Crippen molar-refractivity contribution in [1.29, 1.82) is 0 Å². The van der Waals surface area contributed by atoms with E-state index in [0.717, 1.165) is 0 Å². The highest BCUT2D eigenvalue weighted by Crippen LogP contribution is 2.14. The average molecular weight is 186 g/mol. The second-order valence-corrected chi connectivity index (χ2v) is 2.00. The molecule has 6 heteroatoms. The summed E-state index contributed by atoms with van der Waals surface area (Å²) in [5, 5.41) is 0. The molecule has 0 aliphatic carbocycles. The maximum absolute atomic E-state index is 11.4. The lowest BCUT2D eigenvalue weighted by atomic mass is 10.5. The first-order valence-electron chi connectivity index (χ1n) is 3.32. The van der Waals surface area contributed by atoms with Gasteiger partial charge in [0.15, 0.2) is 6.61 Å². The predicted octanol–water partition coefficient (Wildman–Crippen LogP) is 2.11. The molecule has 3 nitrogen and oxygen atoms in total. The molecule has 0 bridgehead atoms. The molecule has 0 spiro atoms. The lowest BCUT2D eigenvalue weighted by molar-refractivity contribution is -0.165. The van der Waals surface area contributed by atoms with E-state index >= 15 is 0 Å². The van der Waals surface area contributed by atoms with Crippen molar-refractivity contribution < 1.29 is 27.4 Å². The third-order valence-electron chi connectivity index (χ3n) is 0.778. The summed E-state index contributed by atoms with van der Waals surface area (Å²) in [6.45, 7) is 0.184. The molecule has 0 aromatic carbocycles. The Labute approximate surface area is 67.4 Å². The quantitative estimate of drug-likeness (QED) is 0.633. The van der Waals surface area contributed by atoms with Crippen LogP contribution < -0.4 is 0 Å². The highest BCUT2D eigenvalue weighted by atomic mass is 19.4. The van der Waals surface area contributed by atoms with Gasteiger partial charge >= 0.3 is 12.3 Å². The Hall–Kier alpha value is -0.940. The Morgan fingerprint density at radius 2 is 1.92 bits per heavy atom. The number of halogens is 3. The van der Waals surface area contributed by atoms with Gasteiger partial charge in [-0.3, -0.25) is 0 Å². The van der Waals surface area contributed by atoms with E-state index in [4.69, 9.17) is 0 Å². The number of carbonyl (C=O) groups excluding carboxylic acids is 1. The van der Waals surface area contributed by atoms with Crippen molar-refractivity contribution in [1.82, 2.24) is 0 Å². The standard InChI is InChI=1S/C6H9F3O3/c1-2-3-11-5(10)12-4-6(7,8)9/h2-4H2,1H3. The molecule has 0 fully saturated rings. The number of hydrogen-bond acceptors (Lipinski definition) is 3. The van der Waals surface area contributed by atoms with Crippen LogP contribution in [0, 0.1) is 0 Å². The van der Waals surface area contributed by atoms with Crippen LogP contribution in [0.15, 0.2) is 0 Å². The molecule has 0 saturated carbocycles. The van der Waals surface area contributed by atoms with Crippen LogP contribution in [0.4, 0.5) is 18.0 Å². The number of ether oxygens (including phenoxy) is 2. The van der Waals surface area contributed by atoms with Crippen molar-refractivity contribution >= 4 is 6.16 Å². The molecule has 0 amide bonds. The Bertz CT molecular complexity index is 143. The van der Waals surface area contributed by atoms with Crippen LogP contribution in [0.5, 0.6) is 0 Å². The first kappa shape index (κ1) is 11.1. The Kier molecular flexibility index (Phi) is 4.46. The lowest BCUT2D eigenvalue weighted by Gasteiger charge is -2.07. The van der Waals surface area contributed by atoms with Gasteiger partial charge in [0.2, 0.25) is 0 Å². The maximum Gasteiger partial charge on any atom is 0.508 e. The average Bonchev–Trinajstić information content (AvgIpc) is 1.95. The molecule has 0 saturated heterocycles. The fourth-order valence-electron chi connectivity index (χ4n) is 0.368. The molecule has 72 valence electrons. The van der Waals surface area contributed by atoms with Crippen molar-refractivity contribution in [2.24, 2.45) is 0 Å². The van der Waals surface area contributed by atoms with Crippen LogP contribution in [0.3, 0.4) is 0 Å². The molecule has 0 radical (unpaired) electrons. The number of carbonyl (C=O) groups is 1. The highest BCUT2D eigenvalue weighted by Gasteiger charge is 2.29. The fourth-order valence-corrected chi connectivity index (χ4v) is 0.368. The second-order valence-electron chi connectivity index (χ2n) is 2.00. The second kappa shape index (κ2) is 4.84. The maximum atomic E-state index is 11.4. The van der Waals surface area contributed by atoms with Gasteiger partial charge in [0.1, 0.15) is 0 Å². The molecule has 12 heavy (non-hydrogen) atoms. The van der Waals surface area contributed by atoms with Crippen molar-refractivity contribution in [3.63, 3.8) is 0 Å². The van der Waals surface area contributed by atoms with Gasteiger partial charge in [0, 0.05) is 0 Å². The van der Waals surface area contributed by atoms with E-state index in [9.17, 15) is 18.0 Å². The molecule has 0 unspecified atom stereocenters. The molecule has 0 aliphatic heterocycles. The molecular formula is C6H9F3O3. The minimum atomic E-state index is -4.49. The lowest BCUT2D eigenvalue weighted by Crippen LogP contribution is -2.20. The van der Waals surface area contributed by atoms with Crippen molar-refractivity contribution in [3.05, 3.63) is 0 Å². The monoisotopic (exact) mass is 186 g/mol. The van der Waals surface area contributed by atoms with Crippen molar-refractivity contribution in [2.75, 3.05) is 13.2 Å². The van der Waals surface area contributed by atoms with Crippen LogP contribution in [-0.4, -0.2) is 25.5 Å². The highest BCUT2D eigenvalue weighted by molar-refractivity contribution is 5.59.